The summed E-state index contributed by atoms with van der Waals surface area (Å²) < 4.78 is 39.9. The number of halogens is 1. The number of carbonyl (C=O) groups excluding carboxylic acids is 1. The minimum Gasteiger partial charge on any atom is -0.302 e. The summed E-state index contributed by atoms with van der Waals surface area (Å²) in [6.07, 6.45) is 3.38. The largest absolute Gasteiger partial charge is 0.302 e. The maximum atomic E-state index is 13.1. The van der Waals surface area contributed by atoms with Crippen LogP contribution in [0.5, 0.6) is 0 Å². The van der Waals surface area contributed by atoms with Crippen LogP contribution < -0.4 is 5.32 Å². The van der Waals surface area contributed by atoms with Crippen LogP contribution in [0.15, 0.2) is 59.6 Å². The summed E-state index contributed by atoms with van der Waals surface area (Å²) in [5, 5.41) is 3.43. The van der Waals surface area contributed by atoms with Crippen molar-refractivity contribution in [1.82, 2.24) is 9.29 Å². The van der Waals surface area contributed by atoms with Gasteiger partial charge in [-0.2, -0.15) is 4.31 Å². The average molecular weight is 474 g/mol. The molecule has 0 unspecified atom stereocenters. The second-order valence-corrected chi connectivity index (χ2v) is 11.0. The van der Waals surface area contributed by atoms with Gasteiger partial charge in [0.15, 0.2) is 5.13 Å². The normalized spacial score (nSPS) is 15.6. The summed E-state index contributed by atoms with van der Waals surface area (Å²) in [5.74, 6) is -0.900. The SMILES string of the molecule is Cc1ccc(Cc2cnc(NC(=O)C3CCN(S(=O)(=O)c4ccc(F)cc4)CC3)s2)cc1. The lowest BCUT2D eigenvalue weighted by molar-refractivity contribution is -0.120. The molecule has 2 heterocycles. The Kier molecular flexibility index (Phi) is 6.68. The molecule has 1 N–H and O–H groups in total. The number of amides is 1. The number of piperidine rings is 1. The Labute approximate surface area is 191 Å². The van der Waals surface area contributed by atoms with E-state index in [0.717, 1.165) is 23.4 Å². The quantitative estimate of drug-likeness (QED) is 0.581. The van der Waals surface area contributed by atoms with E-state index < -0.39 is 15.8 Å². The van der Waals surface area contributed by atoms with Gasteiger partial charge in [-0.3, -0.25) is 4.79 Å². The summed E-state index contributed by atoms with van der Waals surface area (Å²) in [5.41, 5.74) is 2.40. The Morgan fingerprint density at radius 1 is 1.12 bits per heavy atom. The monoisotopic (exact) mass is 473 g/mol. The highest BCUT2D eigenvalue weighted by Gasteiger charge is 2.32. The lowest BCUT2D eigenvalue weighted by atomic mass is 9.97. The van der Waals surface area contributed by atoms with Crippen molar-refractivity contribution in [2.75, 3.05) is 18.4 Å². The van der Waals surface area contributed by atoms with Crippen LogP contribution in [0.4, 0.5) is 9.52 Å². The van der Waals surface area contributed by atoms with Crippen molar-refractivity contribution in [1.29, 1.82) is 0 Å². The van der Waals surface area contributed by atoms with Crippen molar-refractivity contribution in [3.63, 3.8) is 0 Å². The van der Waals surface area contributed by atoms with Gasteiger partial charge in [-0.15, -0.1) is 11.3 Å². The lowest BCUT2D eigenvalue weighted by Crippen LogP contribution is -2.41. The Morgan fingerprint density at radius 3 is 2.44 bits per heavy atom. The maximum absolute atomic E-state index is 13.1. The first-order chi connectivity index (χ1) is 15.3. The number of benzene rings is 2. The molecule has 1 aromatic heterocycles. The predicted octanol–water partition coefficient (Wildman–Crippen LogP) is 4.22. The molecule has 1 aliphatic heterocycles. The van der Waals surface area contributed by atoms with Crippen molar-refractivity contribution < 1.29 is 17.6 Å². The summed E-state index contributed by atoms with van der Waals surface area (Å²) >= 11 is 1.45. The van der Waals surface area contributed by atoms with Crippen molar-refractivity contribution in [2.24, 2.45) is 5.92 Å². The van der Waals surface area contributed by atoms with Gasteiger partial charge in [0.25, 0.3) is 0 Å². The van der Waals surface area contributed by atoms with Gasteiger partial charge < -0.3 is 5.32 Å². The molecule has 9 heteroatoms. The third-order valence-electron chi connectivity index (χ3n) is 5.56. The zero-order chi connectivity index (χ0) is 22.7. The van der Waals surface area contributed by atoms with E-state index in [2.05, 4.69) is 34.6 Å². The Morgan fingerprint density at radius 2 is 1.78 bits per heavy atom. The Balaban J connectivity index is 1.31. The summed E-state index contributed by atoms with van der Waals surface area (Å²) in [4.78, 5) is 18.1. The van der Waals surface area contributed by atoms with Gasteiger partial charge in [0, 0.05) is 36.5 Å². The molecule has 0 aliphatic carbocycles. The Hall–Kier alpha value is -2.62. The molecule has 0 spiro atoms. The molecule has 0 saturated carbocycles. The number of thiazole rings is 1. The number of sulfonamides is 1. The van der Waals surface area contributed by atoms with Crippen molar-refractivity contribution in [3.8, 4) is 0 Å². The molecule has 1 fully saturated rings. The minimum atomic E-state index is -3.69. The van der Waals surface area contributed by atoms with Gasteiger partial charge in [0.1, 0.15) is 5.82 Å². The summed E-state index contributed by atoms with van der Waals surface area (Å²) in [6.45, 7) is 2.54. The smallest absolute Gasteiger partial charge is 0.243 e. The minimum absolute atomic E-state index is 0.0608. The van der Waals surface area contributed by atoms with Crippen LogP contribution in [0.1, 0.15) is 28.8 Å². The van der Waals surface area contributed by atoms with Crippen LogP contribution >= 0.6 is 11.3 Å². The third kappa shape index (κ3) is 5.23. The van der Waals surface area contributed by atoms with E-state index in [1.165, 1.54) is 38.9 Å². The average Bonchev–Trinajstić information content (AvgIpc) is 3.22. The molecule has 6 nitrogen and oxygen atoms in total. The third-order valence-corrected chi connectivity index (χ3v) is 8.38. The van der Waals surface area contributed by atoms with Crippen LogP contribution in [0.2, 0.25) is 0 Å². The number of hydrogen-bond donors (Lipinski definition) is 1. The molecular weight excluding hydrogens is 449 g/mol. The zero-order valence-corrected chi connectivity index (χ0v) is 19.3. The molecule has 3 aromatic rings. The molecule has 2 aromatic carbocycles. The molecule has 0 radical (unpaired) electrons. The van der Waals surface area contributed by atoms with Gasteiger partial charge in [-0.1, -0.05) is 29.8 Å². The fourth-order valence-electron chi connectivity index (χ4n) is 3.68. The van der Waals surface area contributed by atoms with Gasteiger partial charge in [0.2, 0.25) is 15.9 Å². The topological polar surface area (TPSA) is 79.4 Å². The number of hydrogen-bond acceptors (Lipinski definition) is 5. The van der Waals surface area contributed by atoms with Crippen LogP contribution in [-0.4, -0.2) is 36.7 Å². The fourth-order valence-corrected chi connectivity index (χ4v) is 5.99. The Bertz CT molecular complexity index is 1180. The predicted molar refractivity (Wildman–Crippen MR) is 123 cm³/mol. The summed E-state index contributed by atoms with van der Waals surface area (Å²) in [7, 11) is -3.69. The van der Waals surface area contributed by atoms with E-state index in [9.17, 15) is 17.6 Å². The molecule has 168 valence electrons. The number of rotatable bonds is 6. The molecule has 1 saturated heterocycles. The molecule has 32 heavy (non-hydrogen) atoms. The highest BCUT2D eigenvalue weighted by molar-refractivity contribution is 7.89. The highest BCUT2D eigenvalue weighted by Crippen LogP contribution is 2.27. The molecular formula is C23H24FN3O3S2. The molecule has 4 rings (SSSR count). The molecule has 1 amide bonds. The van der Waals surface area contributed by atoms with E-state index >= 15 is 0 Å². The molecule has 0 bridgehead atoms. The van der Waals surface area contributed by atoms with Gasteiger partial charge >= 0.3 is 0 Å². The summed E-state index contributed by atoms with van der Waals surface area (Å²) in [6, 6.07) is 13.1. The van der Waals surface area contributed by atoms with E-state index in [1.807, 2.05) is 6.92 Å². The van der Waals surface area contributed by atoms with Crippen LogP contribution in [-0.2, 0) is 21.2 Å². The first kappa shape index (κ1) is 22.6. The number of nitrogens with zero attached hydrogens (tertiary/aromatic N) is 2. The van der Waals surface area contributed by atoms with E-state index in [0.29, 0.717) is 18.0 Å². The molecule has 1 aliphatic rings. The van der Waals surface area contributed by atoms with Crippen molar-refractivity contribution in [2.45, 2.75) is 31.1 Å². The van der Waals surface area contributed by atoms with Crippen molar-refractivity contribution >= 4 is 32.4 Å². The number of carbonyl (C=O) groups is 1. The number of anilines is 1. The van der Waals surface area contributed by atoms with Gasteiger partial charge in [-0.05, 0) is 49.6 Å². The van der Waals surface area contributed by atoms with Crippen LogP contribution in [0, 0.1) is 18.7 Å². The zero-order valence-electron chi connectivity index (χ0n) is 17.6. The van der Waals surface area contributed by atoms with E-state index in [-0.39, 0.29) is 29.8 Å². The lowest BCUT2D eigenvalue weighted by Gasteiger charge is -2.30. The number of nitrogens with one attached hydrogen (secondary N) is 1. The van der Waals surface area contributed by atoms with Gasteiger partial charge in [-0.25, -0.2) is 17.8 Å². The maximum Gasteiger partial charge on any atom is 0.243 e. The van der Waals surface area contributed by atoms with E-state index in [4.69, 9.17) is 0 Å². The van der Waals surface area contributed by atoms with Crippen molar-refractivity contribution in [3.05, 3.63) is 76.5 Å². The second kappa shape index (κ2) is 9.48. The molecule has 0 atom stereocenters. The van der Waals surface area contributed by atoms with Crippen LogP contribution in [0.3, 0.4) is 0 Å². The number of aryl methyl sites for hydroxylation is 1. The fraction of sp³-hybridized carbons (Fsp3) is 0.304. The first-order valence-electron chi connectivity index (χ1n) is 10.4. The van der Waals surface area contributed by atoms with Gasteiger partial charge in [0.05, 0.1) is 4.90 Å². The number of aromatic nitrogens is 1. The van der Waals surface area contributed by atoms with Crippen LogP contribution in [0.25, 0.3) is 0 Å². The van der Waals surface area contributed by atoms with E-state index in [1.54, 1.807) is 6.20 Å². The second-order valence-electron chi connectivity index (χ2n) is 7.92. The standard InChI is InChI=1S/C23H24FN3O3S2/c1-16-2-4-17(5-3-16)14-20-15-25-23(31-20)26-22(28)18-10-12-27(13-11-18)32(29,30)21-8-6-19(24)7-9-21/h2-9,15,18H,10-14H2,1H3,(H,25,26,28). The first-order valence-corrected chi connectivity index (χ1v) is 12.6. The highest BCUT2D eigenvalue weighted by atomic mass is 32.2.